The number of amides is 1. The first kappa shape index (κ1) is 19.6. The van der Waals surface area contributed by atoms with Gasteiger partial charge in [-0.05, 0) is 30.2 Å². The Morgan fingerprint density at radius 1 is 1.04 bits per heavy atom. The van der Waals surface area contributed by atoms with Crippen LogP contribution in [0, 0.1) is 0 Å². The first-order valence-corrected chi connectivity index (χ1v) is 9.41. The molecule has 0 atom stereocenters. The van der Waals surface area contributed by atoms with E-state index in [9.17, 15) is 4.79 Å². The molecule has 0 saturated heterocycles. The van der Waals surface area contributed by atoms with Gasteiger partial charge < -0.3 is 15.2 Å². The Morgan fingerprint density at radius 3 is 2.32 bits per heavy atom. The average molecular weight is 378 g/mol. The van der Waals surface area contributed by atoms with Crippen LogP contribution in [0.3, 0.4) is 0 Å². The highest BCUT2D eigenvalue weighted by molar-refractivity contribution is 5.91. The summed E-state index contributed by atoms with van der Waals surface area (Å²) in [5.41, 5.74) is 2.88. The minimum absolute atomic E-state index is 0.127. The zero-order valence-electron chi connectivity index (χ0n) is 16.7. The van der Waals surface area contributed by atoms with Crippen molar-refractivity contribution in [3.05, 3.63) is 60.0 Å². The number of rotatable bonds is 6. The van der Waals surface area contributed by atoms with E-state index in [0.29, 0.717) is 5.82 Å². The summed E-state index contributed by atoms with van der Waals surface area (Å²) in [5, 5.41) is 9.88. The van der Waals surface area contributed by atoms with Gasteiger partial charge in [-0.2, -0.15) is 0 Å². The van der Waals surface area contributed by atoms with E-state index in [1.807, 2.05) is 70.3 Å². The van der Waals surface area contributed by atoms with Gasteiger partial charge >= 0.3 is 0 Å². The molecule has 0 aliphatic rings. The zero-order chi connectivity index (χ0) is 20.1. The largest absolute Gasteiger partial charge is 0.370 e. The summed E-state index contributed by atoms with van der Waals surface area (Å²) in [5.74, 6) is 1.92. The number of nitrogens with one attached hydrogen (secondary N) is 2. The van der Waals surface area contributed by atoms with Gasteiger partial charge in [0.1, 0.15) is 11.6 Å². The van der Waals surface area contributed by atoms with E-state index in [-0.39, 0.29) is 17.7 Å². The molecule has 0 aliphatic carbocycles. The molecule has 1 aromatic carbocycles. The maximum Gasteiger partial charge on any atom is 0.230 e. The number of carbonyl (C=O) groups excluding carboxylic acids is 1. The molecule has 0 radical (unpaired) electrons. The van der Waals surface area contributed by atoms with Crippen molar-refractivity contribution >= 4 is 17.5 Å². The Labute approximate surface area is 165 Å². The average Bonchev–Trinajstić information content (AvgIpc) is 3.12. The number of benzene rings is 1. The molecule has 2 N–H and O–H groups in total. The van der Waals surface area contributed by atoms with E-state index in [4.69, 9.17) is 4.52 Å². The Kier molecular flexibility index (Phi) is 5.78. The van der Waals surface area contributed by atoms with Gasteiger partial charge in [0.05, 0.1) is 6.42 Å². The van der Waals surface area contributed by atoms with Crippen LogP contribution in [0.2, 0.25) is 0 Å². The van der Waals surface area contributed by atoms with Crippen LogP contribution in [0.15, 0.2) is 53.2 Å². The van der Waals surface area contributed by atoms with Crippen LogP contribution in [-0.2, 0) is 16.6 Å². The summed E-state index contributed by atoms with van der Waals surface area (Å²) < 4.78 is 5.29. The van der Waals surface area contributed by atoms with Gasteiger partial charge in [-0.15, -0.1) is 0 Å². The van der Waals surface area contributed by atoms with Crippen LogP contribution in [0.1, 0.15) is 39.0 Å². The van der Waals surface area contributed by atoms with E-state index in [1.54, 1.807) is 6.07 Å². The third kappa shape index (κ3) is 4.97. The smallest absolute Gasteiger partial charge is 0.230 e. The molecule has 6 heteroatoms. The number of hydrogen-bond acceptors (Lipinski definition) is 5. The molecule has 3 rings (SSSR count). The van der Waals surface area contributed by atoms with E-state index >= 15 is 0 Å². The van der Waals surface area contributed by atoms with Crippen LogP contribution in [0.25, 0.3) is 11.1 Å². The topological polar surface area (TPSA) is 80.0 Å². The lowest BCUT2D eigenvalue weighted by Crippen LogP contribution is -2.14. The molecule has 3 aromatic rings. The molecular formula is C22H26N4O2. The predicted molar refractivity (Wildman–Crippen MR) is 111 cm³/mol. The molecule has 0 saturated carbocycles. The van der Waals surface area contributed by atoms with Gasteiger partial charge in [-0.25, -0.2) is 4.98 Å². The fourth-order valence-corrected chi connectivity index (χ4v) is 2.73. The van der Waals surface area contributed by atoms with Gasteiger partial charge in [0.25, 0.3) is 0 Å². The molecule has 0 bridgehead atoms. The van der Waals surface area contributed by atoms with Crippen LogP contribution < -0.4 is 10.6 Å². The third-order valence-electron chi connectivity index (χ3n) is 4.29. The van der Waals surface area contributed by atoms with Crippen molar-refractivity contribution in [3.63, 3.8) is 0 Å². The minimum Gasteiger partial charge on any atom is -0.370 e. The minimum atomic E-state index is -0.147. The number of aromatic nitrogens is 2. The maximum absolute atomic E-state index is 12.3. The second-order valence-electron chi connectivity index (χ2n) is 7.71. The van der Waals surface area contributed by atoms with Crippen LogP contribution in [0.4, 0.5) is 11.6 Å². The van der Waals surface area contributed by atoms with Gasteiger partial charge in [0, 0.05) is 29.8 Å². The van der Waals surface area contributed by atoms with Crippen LogP contribution in [-0.4, -0.2) is 22.6 Å². The highest BCUT2D eigenvalue weighted by Gasteiger charge is 2.20. The highest BCUT2D eigenvalue weighted by atomic mass is 16.5. The van der Waals surface area contributed by atoms with E-state index in [1.165, 1.54) is 0 Å². The van der Waals surface area contributed by atoms with Crippen molar-refractivity contribution in [2.75, 3.05) is 17.2 Å². The molecule has 146 valence electrons. The SMILES string of the molecule is CCNc1ccc(-c2ccc(CC(=O)Nc3cc(C(C)(C)C)on3)cc2)cn1. The van der Waals surface area contributed by atoms with Gasteiger partial charge in [-0.3, -0.25) is 4.79 Å². The Balaban J connectivity index is 1.60. The van der Waals surface area contributed by atoms with Crippen molar-refractivity contribution in [3.8, 4) is 11.1 Å². The molecule has 0 unspecified atom stereocenters. The quantitative estimate of drug-likeness (QED) is 0.653. The lowest BCUT2D eigenvalue weighted by Gasteiger charge is -2.12. The summed E-state index contributed by atoms with van der Waals surface area (Å²) in [6.45, 7) is 8.98. The summed E-state index contributed by atoms with van der Waals surface area (Å²) >= 11 is 0. The lowest BCUT2D eigenvalue weighted by atomic mass is 9.93. The van der Waals surface area contributed by atoms with E-state index < -0.39 is 0 Å². The molecule has 28 heavy (non-hydrogen) atoms. The molecule has 2 heterocycles. The second kappa shape index (κ2) is 8.25. The fraction of sp³-hybridized carbons (Fsp3) is 0.318. The molecule has 2 aromatic heterocycles. The maximum atomic E-state index is 12.3. The van der Waals surface area contributed by atoms with Crippen molar-refractivity contribution in [2.24, 2.45) is 0 Å². The zero-order valence-corrected chi connectivity index (χ0v) is 16.7. The molecule has 0 fully saturated rings. The van der Waals surface area contributed by atoms with Crippen molar-refractivity contribution in [1.29, 1.82) is 0 Å². The first-order chi connectivity index (χ1) is 13.3. The fourth-order valence-electron chi connectivity index (χ4n) is 2.73. The van der Waals surface area contributed by atoms with Crippen molar-refractivity contribution < 1.29 is 9.32 Å². The number of hydrogen-bond donors (Lipinski definition) is 2. The van der Waals surface area contributed by atoms with E-state index in [2.05, 4.69) is 20.8 Å². The Morgan fingerprint density at radius 2 is 1.75 bits per heavy atom. The van der Waals surface area contributed by atoms with E-state index in [0.717, 1.165) is 34.8 Å². The number of nitrogens with zero attached hydrogens (tertiary/aromatic N) is 2. The summed E-state index contributed by atoms with van der Waals surface area (Å²) in [4.78, 5) is 16.7. The standard InChI is InChI=1S/C22H26N4O2/c1-5-23-19-11-10-17(14-24-19)16-8-6-15(7-9-16)12-21(27)25-20-13-18(28-26-20)22(2,3)4/h6-11,13-14H,5,12H2,1-4H3,(H,23,24)(H,25,26,27). The first-order valence-electron chi connectivity index (χ1n) is 9.41. The summed E-state index contributed by atoms with van der Waals surface area (Å²) in [7, 11) is 0. The van der Waals surface area contributed by atoms with Gasteiger partial charge in [-0.1, -0.05) is 50.2 Å². The molecular weight excluding hydrogens is 352 g/mol. The van der Waals surface area contributed by atoms with Crippen molar-refractivity contribution in [1.82, 2.24) is 10.1 Å². The normalized spacial score (nSPS) is 11.3. The molecule has 1 amide bonds. The highest BCUT2D eigenvalue weighted by Crippen LogP contribution is 2.24. The number of carbonyl (C=O) groups is 1. The van der Waals surface area contributed by atoms with Crippen LogP contribution >= 0.6 is 0 Å². The summed E-state index contributed by atoms with van der Waals surface area (Å²) in [6, 6.07) is 13.7. The second-order valence-corrected chi connectivity index (χ2v) is 7.71. The monoisotopic (exact) mass is 378 g/mol. The number of anilines is 2. The Hall–Kier alpha value is -3.15. The number of pyridine rings is 1. The molecule has 0 spiro atoms. The lowest BCUT2D eigenvalue weighted by molar-refractivity contribution is -0.115. The van der Waals surface area contributed by atoms with Crippen LogP contribution in [0.5, 0.6) is 0 Å². The summed E-state index contributed by atoms with van der Waals surface area (Å²) in [6.07, 6.45) is 2.12. The predicted octanol–water partition coefficient (Wildman–Crippen LogP) is 4.65. The third-order valence-corrected chi connectivity index (χ3v) is 4.29. The Bertz CT molecular complexity index is 922. The van der Waals surface area contributed by atoms with Crippen molar-refractivity contribution in [2.45, 2.75) is 39.5 Å². The molecule has 6 nitrogen and oxygen atoms in total. The molecule has 0 aliphatic heterocycles. The van der Waals surface area contributed by atoms with Gasteiger partial charge in [0.2, 0.25) is 5.91 Å². The van der Waals surface area contributed by atoms with Gasteiger partial charge in [0.15, 0.2) is 5.82 Å².